The van der Waals surface area contributed by atoms with Gasteiger partial charge in [0.1, 0.15) is 11.6 Å². The fourth-order valence-electron chi connectivity index (χ4n) is 2.40. The fraction of sp³-hybridized carbons (Fsp3) is 0.235. The molecule has 0 fully saturated rings. The lowest BCUT2D eigenvalue weighted by molar-refractivity contribution is -0.385. The minimum absolute atomic E-state index is 0.0488. The van der Waals surface area contributed by atoms with Gasteiger partial charge in [0.25, 0.3) is 5.69 Å². The van der Waals surface area contributed by atoms with Crippen molar-refractivity contribution in [2.45, 2.75) is 19.9 Å². The lowest BCUT2D eigenvalue weighted by atomic mass is 10.1. The van der Waals surface area contributed by atoms with E-state index in [4.69, 9.17) is 28.5 Å². The highest BCUT2D eigenvalue weighted by Crippen LogP contribution is 2.27. The van der Waals surface area contributed by atoms with Crippen molar-refractivity contribution in [3.63, 3.8) is 0 Å². The van der Waals surface area contributed by atoms with Gasteiger partial charge in [-0.3, -0.25) is 10.1 Å². The molecule has 2 aromatic carbocycles. The molecule has 0 radical (unpaired) electrons. The van der Waals surface area contributed by atoms with Crippen LogP contribution in [0.2, 0.25) is 10.0 Å². The Bertz CT molecular complexity index is 803. The average molecular weight is 364 g/mol. The molecule has 0 spiro atoms. The maximum Gasteiger partial charge on any atom is 0.287 e. The Balaban J connectivity index is 2.35. The highest BCUT2D eigenvalue weighted by molar-refractivity contribution is 6.42. The lowest BCUT2D eigenvalue weighted by Gasteiger charge is -2.25. The summed E-state index contributed by atoms with van der Waals surface area (Å²) in [6.45, 7) is 3.34. The fourth-order valence-corrected chi connectivity index (χ4v) is 2.72. The van der Waals surface area contributed by atoms with Gasteiger partial charge in [0.05, 0.1) is 15.0 Å². The monoisotopic (exact) mass is 363 g/mol. The summed E-state index contributed by atoms with van der Waals surface area (Å²) in [5.74, 6) is 0. The van der Waals surface area contributed by atoms with E-state index in [0.29, 0.717) is 16.6 Å². The minimum Gasteiger partial charge on any atom is -0.367 e. The molecule has 0 N–H and O–H groups in total. The van der Waals surface area contributed by atoms with Crippen molar-refractivity contribution in [1.29, 1.82) is 5.26 Å². The van der Waals surface area contributed by atoms with Crippen LogP contribution < -0.4 is 4.90 Å². The van der Waals surface area contributed by atoms with Crippen LogP contribution in [-0.2, 0) is 6.54 Å². The van der Waals surface area contributed by atoms with E-state index in [9.17, 15) is 10.1 Å². The second kappa shape index (κ2) is 8.00. The number of anilines is 1. The van der Waals surface area contributed by atoms with Crippen LogP contribution in [0.3, 0.4) is 0 Å². The summed E-state index contributed by atoms with van der Waals surface area (Å²) in [4.78, 5) is 12.5. The van der Waals surface area contributed by atoms with Gasteiger partial charge in [-0.15, -0.1) is 0 Å². The van der Waals surface area contributed by atoms with Crippen LogP contribution in [0.15, 0.2) is 36.4 Å². The molecule has 0 bridgehead atoms. The van der Waals surface area contributed by atoms with Gasteiger partial charge in [0, 0.05) is 24.8 Å². The third kappa shape index (κ3) is 4.16. The van der Waals surface area contributed by atoms with E-state index in [1.807, 2.05) is 24.0 Å². The molecule has 0 aliphatic carbocycles. The molecule has 5 nitrogen and oxygen atoms in total. The number of halogens is 2. The van der Waals surface area contributed by atoms with Gasteiger partial charge in [0.15, 0.2) is 0 Å². The summed E-state index contributed by atoms with van der Waals surface area (Å²) in [5, 5.41) is 21.1. The quantitative estimate of drug-likeness (QED) is 0.522. The first-order valence-corrected chi connectivity index (χ1v) is 8.09. The summed E-state index contributed by atoms with van der Waals surface area (Å²) in [5.41, 5.74) is 1.58. The van der Waals surface area contributed by atoms with Gasteiger partial charge in [0.2, 0.25) is 0 Å². The SMILES string of the molecule is CCCN(Cc1ccc(Cl)c(Cl)c1)c1ccc([N+](=O)[O-])c(C#N)c1. The number of nitro groups is 1. The number of nitrogens with zero attached hydrogens (tertiary/aromatic N) is 3. The summed E-state index contributed by atoms with van der Waals surface area (Å²) < 4.78 is 0. The molecule has 2 aromatic rings. The Hall–Kier alpha value is -2.29. The van der Waals surface area contributed by atoms with Crippen LogP contribution in [0.5, 0.6) is 0 Å². The second-order valence-electron chi connectivity index (χ2n) is 5.24. The van der Waals surface area contributed by atoms with Gasteiger partial charge < -0.3 is 4.90 Å². The molecule has 0 aliphatic heterocycles. The van der Waals surface area contributed by atoms with Gasteiger partial charge in [-0.05, 0) is 36.2 Å². The number of hydrogen-bond acceptors (Lipinski definition) is 4. The highest BCUT2D eigenvalue weighted by Gasteiger charge is 2.16. The van der Waals surface area contributed by atoms with Gasteiger partial charge >= 0.3 is 0 Å². The van der Waals surface area contributed by atoms with E-state index in [2.05, 4.69) is 0 Å². The smallest absolute Gasteiger partial charge is 0.287 e. The van der Waals surface area contributed by atoms with Crippen LogP contribution in [0.1, 0.15) is 24.5 Å². The van der Waals surface area contributed by atoms with E-state index in [0.717, 1.165) is 24.2 Å². The first-order chi connectivity index (χ1) is 11.5. The van der Waals surface area contributed by atoms with E-state index < -0.39 is 4.92 Å². The lowest BCUT2D eigenvalue weighted by Crippen LogP contribution is -2.23. The Kier molecular flexibility index (Phi) is 6.02. The zero-order valence-corrected chi connectivity index (χ0v) is 14.5. The zero-order valence-electron chi connectivity index (χ0n) is 13.0. The second-order valence-corrected chi connectivity index (χ2v) is 6.05. The Labute approximate surface area is 150 Å². The molecule has 0 heterocycles. The van der Waals surface area contributed by atoms with E-state index in [1.165, 1.54) is 6.07 Å². The third-order valence-electron chi connectivity index (χ3n) is 3.51. The van der Waals surface area contributed by atoms with Crippen molar-refractivity contribution in [1.82, 2.24) is 0 Å². The Morgan fingerprint density at radius 1 is 1.21 bits per heavy atom. The molecule has 0 aliphatic rings. The van der Waals surface area contributed by atoms with Crippen molar-refractivity contribution in [3.8, 4) is 6.07 Å². The summed E-state index contributed by atoms with van der Waals surface area (Å²) >= 11 is 12.0. The van der Waals surface area contributed by atoms with Gasteiger partial charge in [-0.1, -0.05) is 36.2 Å². The minimum atomic E-state index is -0.550. The van der Waals surface area contributed by atoms with Crippen LogP contribution in [-0.4, -0.2) is 11.5 Å². The standard InChI is InChI=1S/C17H15Cl2N3O2/c1-2-7-21(11-12-3-5-15(18)16(19)8-12)14-4-6-17(22(23)24)13(9-14)10-20/h3-6,8-9H,2,7,11H2,1H3. The number of benzene rings is 2. The van der Waals surface area contributed by atoms with Gasteiger partial charge in [-0.25, -0.2) is 0 Å². The molecular formula is C17H15Cl2N3O2. The average Bonchev–Trinajstić information content (AvgIpc) is 2.57. The third-order valence-corrected chi connectivity index (χ3v) is 4.25. The molecule has 0 unspecified atom stereocenters. The molecule has 0 saturated heterocycles. The first kappa shape index (κ1) is 18.1. The predicted octanol–water partition coefficient (Wildman–Crippen LogP) is 5.19. The van der Waals surface area contributed by atoms with Crippen LogP contribution in [0.4, 0.5) is 11.4 Å². The van der Waals surface area contributed by atoms with Crippen LogP contribution in [0.25, 0.3) is 0 Å². The number of nitro benzene ring substituents is 1. The molecule has 2 rings (SSSR count). The number of hydrogen-bond donors (Lipinski definition) is 0. The summed E-state index contributed by atoms with van der Waals surface area (Å²) in [7, 11) is 0. The zero-order chi connectivity index (χ0) is 17.7. The van der Waals surface area contributed by atoms with Crippen molar-refractivity contribution < 1.29 is 4.92 Å². The first-order valence-electron chi connectivity index (χ1n) is 7.33. The van der Waals surface area contributed by atoms with Gasteiger partial charge in [-0.2, -0.15) is 5.26 Å². The molecule has 24 heavy (non-hydrogen) atoms. The van der Waals surface area contributed by atoms with Crippen LogP contribution >= 0.6 is 23.2 Å². The summed E-state index contributed by atoms with van der Waals surface area (Å²) in [6.07, 6.45) is 0.889. The van der Waals surface area contributed by atoms with Crippen molar-refractivity contribution in [2.75, 3.05) is 11.4 Å². The Morgan fingerprint density at radius 3 is 2.54 bits per heavy atom. The molecule has 0 amide bonds. The molecular weight excluding hydrogens is 349 g/mol. The molecule has 0 atom stereocenters. The molecule has 0 aromatic heterocycles. The highest BCUT2D eigenvalue weighted by atomic mass is 35.5. The van der Waals surface area contributed by atoms with Crippen molar-refractivity contribution >= 4 is 34.6 Å². The normalized spacial score (nSPS) is 10.2. The van der Waals surface area contributed by atoms with Crippen molar-refractivity contribution in [2.24, 2.45) is 0 Å². The summed E-state index contributed by atoms with van der Waals surface area (Å²) in [6, 6.07) is 11.9. The van der Waals surface area contributed by atoms with E-state index >= 15 is 0 Å². The topological polar surface area (TPSA) is 70.2 Å². The maximum absolute atomic E-state index is 11.0. The molecule has 0 saturated carbocycles. The predicted molar refractivity (Wildman–Crippen MR) is 95.6 cm³/mol. The maximum atomic E-state index is 11.0. The van der Waals surface area contributed by atoms with E-state index in [1.54, 1.807) is 24.3 Å². The molecule has 124 valence electrons. The van der Waals surface area contributed by atoms with Crippen molar-refractivity contribution in [3.05, 3.63) is 67.7 Å². The number of nitriles is 1. The van der Waals surface area contributed by atoms with Crippen LogP contribution in [0, 0.1) is 21.4 Å². The molecule has 7 heteroatoms. The largest absolute Gasteiger partial charge is 0.367 e. The number of rotatable bonds is 6. The Morgan fingerprint density at radius 2 is 1.96 bits per heavy atom. The van der Waals surface area contributed by atoms with E-state index in [-0.39, 0.29) is 11.3 Å².